The molecule has 0 saturated carbocycles. The van der Waals surface area contributed by atoms with Crippen molar-refractivity contribution >= 4 is 29.0 Å². The molecule has 0 amide bonds. The van der Waals surface area contributed by atoms with E-state index in [1.54, 1.807) is 30.3 Å². The summed E-state index contributed by atoms with van der Waals surface area (Å²) < 4.78 is 5.62. The van der Waals surface area contributed by atoms with E-state index < -0.39 is 0 Å². The second-order valence-electron chi connectivity index (χ2n) is 3.87. The fourth-order valence-corrected chi connectivity index (χ4v) is 1.86. The number of benzene rings is 2. The number of aldehydes is 1. The Balaban J connectivity index is 2.12. The number of aromatic nitrogens is 1. The Morgan fingerprint density at radius 2 is 1.89 bits per heavy atom. The lowest BCUT2D eigenvalue weighted by Crippen LogP contribution is -1.78. The van der Waals surface area contributed by atoms with Crippen LogP contribution in [0, 0.1) is 0 Å². The smallest absolute Gasteiger partial charge is 0.227 e. The first-order valence-electron chi connectivity index (χ1n) is 5.38. The van der Waals surface area contributed by atoms with Gasteiger partial charge in [-0.25, -0.2) is 4.98 Å². The number of halogens is 1. The molecule has 2 aromatic carbocycles. The van der Waals surface area contributed by atoms with Crippen LogP contribution >= 0.6 is 11.6 Å². The molecule has 4 heteroatoms. The lowest BCUT2D eigenvalue weighted by atomic mass is 10.2. The van der Waals surface area contributed by atoms with E-state index in [1.165, 1.54) is 0 Å². The molecule has 3 aromatic rings. The predicted octanol–water partition coefficient (Wildman–Crippen LogP) is 3.96. The zero-order chi connectivity index (χ0) is 12.5. The molecule has 0 spiro atoms. The van der Waals surface area contributed by atoms with E-state index in [0.29, 0.717) is 27.6 Å². The molecule has 3 rings (SSSR count). The molecule has 0 atom stereocenters. The molecule has 0 fully saturated rings. The fraction of sp³-hybridized carbons (Fsp3) is 0. The third-order valence-electron chi connectivity index (χ3n) is 2.64. The van der Waals surface area contributed by atoms with Gasteiger partial charge in [0.25, 0.3) is 0 Å². The second-order valence-corrected chi connectivity index (χ2v) is 4.31. The van der Waals surface area contributed by atoms with Gasteiger partial charge in [-0.05, 0) is 42.5 Å². The van der Waals surface area contributed by atoms with Crippen LogP contribution in [0.3, 0.4) is 0 Å². The van der Waals surface area contributed by atoms with Crippen LogP contribution in [0.4, 0.5) is 0 Å². The number of nitrogens with zero attached hydrogens (tertiary/aromatic N) is 1. The summed E-state index contributed by atoms with van der Waals surface area (Å²) in [5, 5.41) is 0.665. The molecule has 18 heavy (non-hydrogen) atoms. The Hall–Kier alpha value is -2.13. The molecule has 0 N–H and O–H groups in total. The number of carbonyl (C=O) groups is 1. The van der Waals surface area contributed by atoms with E-state index in [9.17, 15) is 4.79 Å². The van der Waals surface area contributed by atoms with Gasteiger partial charge in [0.1, 0.15) is 11.8 Å². The molecule has 3 nitrogen and oxygen atoms in total. The van der Waals surface area contributed by atoms with Crippen molar-refractivity contribution in [1.29, 1.82) is 0 Å². The number of carbonyl (C=O) groups excluding carboxylic acids is 1. The number of oxazole rings is 1. The summed E-state index contributed by atoms with van der Waals surface area (Å²) in [7, 11) is 0. The van der Waals surface area contributed by atoms with Gasteiger partial charge in [0.2, 0.25) is 5.89 Å². The minimum Gasteiger partial charge on any atom is -0.436 e. The SMILES string of the molecule is O=Cc1ccc2oc(-c3ccc(Cl)cc3)nc2c1. The summed E-state index contributed by atoms with van der Waals surface area (Å²) in [4.78, 5) is 15.0. The quantitative estimate of drug-likeness (QED) is 0.653. The zero-order valence-corrected chi connectivity index (χ0v) is 10.0. The normalized spacial score (nSPS) is 10.7. The van der Waals surface area contributed by atoms with Crippen molar-refractivity contribution in [3.8, 4) is 11.5 Å². The Kier molecular flexibility index (Phi) is 2.61. The predicted molar refractivity (Wildman–Crippen MR) is 69.8 cm³/mol. The molecule has 0 unspecified atom stereocenters. The Morgan fingerprint density at radius 3 is 2.61 bits per heavy atom. The summed E-state index contributed by atoms with van der Waals surface area (Å²) in [6.45, 7) is 0. The Bertz CT molecular complexity index is 716. The van der Waals surface area contributed by atoms with Gasteiger partial charge in [-0.15, -0.1) is 0 Å². The van der Waals surface area contributed by atoms with Gasteiger partial charge in [-0.3, -0.25) is 4.79 Å². The van der Waals surface area contributed by atoms with E-state index >= 15 is 0 Å². The highest BCUT2D eigenvalue weighted by Crippen LogP contribution is 2.25. The van der Waals surface area contributed by atoms with Crippen LogP contribution in [0.1, 0.15) is 10.4 Å². The molecule has 0 radical (unpaired) electrons. The van der Waals surface area contributed by atoms with Gasteiger partial charge in [0.15, 0.2) is 5.58 Å². The van der Waals surface area contributed by atoms with E-state index in [4.69, 9.17) is 16.0 Å². The van der Waals surface area contributed by atoms with Gasteiger partial charge in [0, 0.05) is 16.1 Å². The largest absolute Gasteiger partial charge is 0.436 e. The van der Waals surface area contributed by atoms with Crippen LogP contribution in [0.5, 0.6) is 0 Å². The fourth-order valence-electron chi connectivity index (χ4n) is 1.73. The number of hydrogen-bond donors (Lipinski definition) is 0. The van der Waals surface area contributed by atoms with Crippen molar-refractivity contribution < 1.29 is 9.21 Å². The standard InChI is InChI=1S/C14H8ClNO2/c15-11-4-2-10(3-5-11)14-16-12-7-9(8-17)1-6-13(12)18-14/h1-8H. The minimum absolute atomic E-state index is 0.518. The summed E-state index contributed by atoms with van der Waals surface area (Å²) in [6, 6.07) is 12.4. The maximum atomic E-state index is 10.7. The third kappa shape index (κ3) is 1.89. The van der Waals surface area contributed by atoms with Crippen molar-refractivity contribution in [3.63, 3.8) is 0 Å². The highest BCUT2D eigenvalue weighted by Gasteiger charge is 2.08. The van der Waals surface area contributed by atoms with Crippen molar-refractivity contribution in [2.75, 3.05) is 0 Å². The summed E-state index contributed by atoms with van der Waals surface area (Å²) in [5.74, 6) is 0.518. The van der Waals surface area contributed by atoms with Crippen LogP contribution in [0.25, 0.3) is 22.6 Å². The van der Waals surface area contributed by atoms with Crippen LogP contribution in [0.2, 0.25) is 5.02 Å². The highest BCUT2D eigenvalue weighted by molar-refractivity contribution is 6.30. The summed E-state index contributed by atoms with van der Waals surface area (Å²) in [6.07, 6.45) is 0.788. The van der Waals surface area contributed by atoms with Crippen molar-refractivity contribution in [1.82, 2.24) is 4.98 Å². The van der Waals surface area contributed by atoms with Crippen LogP contribution in [-0.4, -0.2) is 11.3 Å². The Labute approximate surface area is 108 Å². The number of hydrogen-bond acceptors (Lipinski definition) is 3. The first kappa shape index (κ1) is 11.0. The van der Waals surface area contributed by atoms with Crippen LogP contribution in [-0.2, 0) is 0 Å². The molecule has 1 heterocycles. The Morgan fingerprint density at radius 1 is 1.11 bits per heavy atom. The van der Waals surface area contributed by atoms with Gasteiger partial charge in [0.05, 0.1) is 0 Å². The molecule has 0 bridgehead atoms. The van der Waals surface area contributed by atoms with Crippen molar-refractivity contribution in [2.24, 2.45) is 0 Å². The molecular formula is C14H8ClNO2. The van der Waals surface area contributed by atoms with E-state index in [1.807, 2.05) is 12.1 Å². The molecule has 0 aliphatic carbocycles. The highest BCUT2D eigenvalue weighted by atomic mass is 35.5. The molecular weight excluding hydrogens is 250 g/mol. The van der Waals surface area contributed by atoms with Gasteiger partial charge >= 0.3 is 0 Å². The molecule has 0 aliphatic rings. The van der Waals surface area contributed by atoms with Gasteiger partial charge in [-0.1, -0.05) is 11.6 Å². The molecule has 0 aliphatic heterocycles. The number of rotatable bonds is 2. The topological polar surface area (TPSA) is 43.1 Å². The maximum Gasteiger partial charge on any atom is 0.227 e. The lowest BCUT2D eigenvalue weighted by molar-refractivity contribution is 0.112. The van der Waals surface area contributed by atoms with Crippen molar-refractivity contribution in [2.45, 2.75) is 0 Å². The first-order chi connectivity index (χ1) is 8.76. The average Bonchev–Trinajstić information content (AvgIpc) is 2.82. The van der Waals surface area contributed by atoms with E-state index in [2.05, 4.69) is 4.98 Å². The summed E-state index contributed by atoms with van der Waals surface area (Å²) in [5.41, 5.74) is 2.76. The monoisotopic (exact) mass is 257 g/mol. The zero-order valence-electron chi connectivity index (χ0n) is 9.26. The van der Waals surface area contributed by atoms with Crippen LogP contribution in [0.15, 0.2) is 46.9 Å². The molecule has 0 saturated heterocycles. The minimum atomic E-state index is 0.518. The number of fused-ring (bicyclic) bond motifs is 1. The average molecular weight is 258 g/mol. The lowest BCUT2D eigenvalue weighted by Gasteiger charge is -1.94. The summed E-state index contributed by atoms with van der Waals surface area (Å²) >= 11 is 5.83. The van der Waals surface area contributed by atoms with E-state index in [0.717, 1.165) is 11.8 Å². The second kappa shape index (κ2) is 4.27. The van der Waals surface area contributed by atoms with Gasteiger partial charge in [-0.2, -0.15) is 0 Å². The van der Waals surface area contributed by atoms with Crippen molar-refractivity contribution in [3.05, 3.63) is 53.1 Å². The van der Waals surface area contributed by atoms with E-state index in [-0.39, 0.29) is 0 Å². The molecule has 88 valence electrons. The van der Waals surface area contributed by atoms with Crippen LogP contribution < -0.4 is 0 Å². The maximum absolute atomic E-state index is 10.7. The third-order valence-corrected chi connectivity index (χ3v) is 2.89. The first-order valence-corrected chi connectivity index (χ1v) is 5.76. The molecule has 1 aromatic heterocycles. The van der Waals surface area contributed by atoms with Gasteiger partial charge < -0.3 is 4.42 Å².